The average molecular weight is 572 g/mol. The third kappa shape index (κ3) is 9.97. The van der Waals surface area contributed by atoms with Crippen molar-refractivity contribution in [3.05, 3.63) is 83.9 Å². The predicted molar refractivity (Wildman–Crippen MR) is 145 cm³/mol. The lowest BCUT2D eigenvalue weighted by Crippen LogP contribution is -2.07. The highest BCUT2D eigenvalue weighted by atomic mass is 79.9. The highest BCUT2D eigenvalue weighted by Gasteiger charge is 2.05. The molecule has 0 bridgehead atoms. The van der Waals surface area contributed by atoms with Gasteiger partial charge >= 0.3 is 5.97 Å². The van der Waals surface area contributed by atoms with Crippen molar-refractivity contribution in [2.75, 3.05) is 39.2 Å². The second-order valence-corrected chi connectivity index (χ2v) is 8.43. The summed E-state index contributed by atoms with van der Waals surface area (Å²) < 4.78 is 34.0. The molecule has 1 N–H and O–H groups in total. The zero-order chi connectivity index (χ0) is 26.3. The minimum absolute atomic E-state index is 0.0437. The molecule has 9 heteroatoms. The van der Waals surface area contributed by atoms with Crippen molar-refractivity contribution in [3.63, 3.8) is 0 Å². The number of ether oxygens (including phenoxy) is 6. The smallest absolute Gasteiger partial charge is 0.330 e. The summed E-state index contributed by atoms with van der Waals surface area (Å²) in [5, 5.41) is 3.06. The Morgan fingerprint density at radius 3 is 1.84 bits per heavy atom. The summed E-state index contributed by atoms with van der Waals surface area (Å²) in [4.78, 5) is 11.0. The van der Waals surface area contributed by atoms with E-state index in [4.69, 9.17) is 28.4 Å². The molecule has 3 aromatic carbocycles. The summed E-state index contributed by atoms with van der Waals surface area (Å²) >= 11 is 3.49. The Morgan fingerprint density at radius 2 is 1.30 bits per heavy atom. The van der Waals surface area contributed by atoms with E-state index in [1.54, 1.807) is 30.3 Å². The van der Waals surface area contributed by atoms with Crippen LogP contribution in [0.5, 0.6) is 28.7 Å². The van der Waals surface area contributed by atoms with Crippen LogP contribution >= 0.6 is 15.9 Å². The van der Waals surface area contributed by atoms with Crippen LogP contribution in [-0.4, -0.2) is 39.8 Å². The van der Waals surface area contributed by atoms with Crippen LogP contribution in [0.3, 0.4) is 0 Å². The lowest BCUT2D eigenvalue weighted by Gasteiger charge is -2.12. The average Bonchev–Trinajstić information content (AvgIpc) is 2.92. The molecule has 0 fully saturated rings. The number of esters is 1. The van der Waals surface area contributed by atoms with Crippen LogP contribution in [0.1, 0.15) is 12.8 Å². The lowest BCUT2D eigenvalue weighted by molar-refractivity contribution is -0.137. The van der Waals surface area contributed by atoms with Gasteiger partial charge in [0.25, 0.3) is 0 Å². The summed E-state index contributed by atoms with van der Waals surface area (Å²) in [7, 11) is 1.87. The molecule has 8 nitrogen and oxygen atoms in total. The Morgan fingerprint density at radius 1 is 0.784 bits per heavy atom. The monoisotopic (exact) mass is 571 g/mol. The maximum absolute atomic E-state index is 11.0. The first-order chi connectivity index (χ1) is 18.1. The fraction of sp³-hybridized carbons (Fsp3) is 0.250. The molecule has 196 valence electrons. The van der Waals surface area contributed by atoms with Gasteiger partial charge in [0.1, 0.15) is 28.7 Å². The minimum atomic E-state index is -0.414. The van der Waals surface area contributed by atoms with E-state index in [0.717, 1.165) is 28.4 Å². The van der Waals surface area contributed by atoms with E-state index in [2.05, 4.69) is 27.8 Å². The SMILES string of the molecule is C=CC(=O)OCCCCOc1ccc(OCOc2ccc(OCOc3ccc(NC)cc3)cc2)cc1Br. The summed E-state index contributed by atoms with van der Waals surface area (Å²) in [6.45, 7) is 4.35. The number of hydrogen-bond acceptors (Lipinski definition) is 8. The number of rotatable bonds is 16. The third-order valence-corrected chi connectivity index (χ3v) is 5.60. The van der Waals surface area contributed by atoms with Crippen LogP contribution in [0.2, 0.25) is 0 Å². The maximum atomic E-state index is 11.0. The molecule has 0 amide bonds. The largest absolute Gasteiger partial charge is 0.492 e. The fourth-order valence-corrected chi connectivity index (χ4v) is 3.46. The Balaban J connectivity index is 1.32. The van der Waals surface area contributed by atoms with Gasteiger partial charge in [0.05, 0.1) is 17.7 Å². The van der Waals surface area contributed by atoms with Crippen LogP contribution in [0.4, 0.5) is 5.69 Å². The standard InChI is InChI=1S/C28H30BrNO7/c1-3-28(31)33-17-5-4-16-32-27-15-14-25(18-26(27)29)37-20-36-24-12-10-23(11-13-24)35-19-34-22-8-6-21(30-2)7-9-22/h3,6-15,18,30H,1,4-5,16-17,19-20H2,2H3. The van der Waals surface area contributed by atoms with Gasteiger partial charge in [-0.05, 0) is 95.5 Å². The molecule has 0 spiro atoms. The molecule has 0 saturated carbocycles. The number of halogens is 1. The van der Waals surface area contributed by atoms with Crippen molar-refractivity contribution in [2.24, 2.45) is 0 Å². The third-order valence-electron chi connectivity index (χ3n) is 4.98. The van der Waals surface area contributed by atoms with Crippen molar-refractivity contribution in [1.29, 1.82) is 0 Å². The number of anilines is 1. The van der Waals surface area contributed by atoms with Crippen LogP contribution in [0.15, 0.2) is 83.9 Å². The van der Waals surface area contributed by atoms with Crippen LogP contribution in [-0.2, 0) is 9.53 Å². The van der Waals surface area contributed by atoms with E-state index >= 15 is 0 Å². The molecule has 3 aromatic rings. The molecule has 0 aliphatic heterocycles. The number of benzene rings is 3. The molecular formula is C28H30BrNO7. The van der Waals surface area contributed by atoms with Gasteiger partial charge in [0.15, 0.2) is 0 Å². The highest BCUT2D eigenvalue weighted by molar-refractivity contribution is 9.10. The highest BCUT2D eigenvalue weighted by Crippen LogP contribution is 2.29. The van der Waals surface area contributed by atoms with E-state index < -0.39 is 5.97 Å². The topological polar surface area (TPSA) is 84.5 Å². The van der Waals surface area contributed by atoms with Crippen molar-refractivity contribution < 1.29 is 33.2 Å². The number of carbonyl (C=O) groups is 1. The zero-order valence-corrected chi connectivity index (χ0v) is 22.2. The first kappa shape index (κ1) is 27.7. The second-order valence-electron chi connectivity index (χ2n) is 7.58. The van der Waals surface area contributed by atoms with Gasteiger partial charge < -0.3 is 33.7 Å². The van der Waals surface area contributed by atoms with Gasteiger partial charge in [-0.3, -0.25) is 0 Å². The van der Waals surface area contributed by atoms with Gasteiger partial charge in [-0.25, -0.2) is 4.79 Å². The Hall–Kier alpha value is -3.85. The van der Waals surface area contributed by atoms with Crippen molar-refractivity contribution in [1.82, 2.24) is 0 Å². The zero-order valence-electron chi connectivity index (χ0n) is 20.6. The molecule has 0 atom stereocenters. The molecule has 37 heavy (non-hydrogen) atoms. The maximum Gasteiger partial charge on any atom is 0.330 e. The van der Waals surface area contributed by atoms with Gasteiger partial charge in [0.2, 0.25) is 13.6 Å². The van der Waals surface area contributed by atoms with Crippen LogP contribution in [0.25, 0.3) is 0 Å². The van der Waals surface area contributed by atoms with Crippen molar-refractivity contribution in [2.45, 2.75) is 12.8 Å². The van der Waals surface area contributed by atoms with Crippen LogP contribution in [0, 0.1) is 0 Å². The summed E-state index contributed by atoms with van der Waals surface area (Å²) in [5.41, 5.74) is 1.01. The predicted octanol–water partition coefficient (Wildman–Crippen LogP) is 6.21. The van der Waals surface area contributed by atoms with Crippen LogP contribution < -0.4 is 29.0 Å². The molecule has 0 unspecified atom stereocenters. The normalized spacial score (nSPS) is 10.2. The van der Waals surface area contributed by atoms with Gasteiger partial charge in [0, 0.05) is 18.8 Å². The molecule has 0 aromatic heterocycles. The van der Waals surface area contributed by atoms with E-state index in [1.807, 2.05) is 43.4 Å². The van der Waals surface area contributed by atoms with Gasteiger partial charge in [-0.1, -0.05) is 6.58 Å². The van der Waals surface area contributed by atoms with E-state index in [9.17, 15) is 4.79 Å². The first-order valence-corrected chi connectivity index (χ1v) is 12.5. The van der Waals surface area contributed by atoms with Crippen molar-refractivity contribution in [3.8, 4) is 28.7 Å². The molecule has 0 radical (unpaired) electrons. The summed E-state index contributed by atoms with van der Waals surface area (Å²) in [5.74, 6) is 2.96. The Labute approximate surface area is 225 Å². The van der Waals surface area contributed by atoms with E-state index in [-0.39, 0.29) is 13.6 Å². The molecule has 0 saturated heterocycles. The minimum Gasteiger partial charge on any atom is -0.492 e. The Bertz CT molecular complexity index is 1120. The molecule has 0 aliphatic carbocycles. The van der Waals surface area contributed by atoms with E-state index in [1.165, 1.54) is 0 Å². The van der Waals surface area contributed by atoms with Crippen molar-refractivity contribution >= 4 is 27.6 Å². The quantitative estimate of drug-likeness (QED) is 0.0939. The number of carbonyl (C=O) groups excluding carboxylic acids is 1. The van der Waals surface area contributed by atoms with E-state index in [0.29, 0.717) is 42.6 Å². The number of nitrogens with one attached hydrogen (secondary N) is 1. The Kier molecular flexibility index (Phi) is 11.5. The number of unbranched alkanes of at least 4 members (excludes halogenated alkanes) is 1. The molecular weight excluding hydrogens is 542 g/mol. The summed E-state index contributed by atoms with van der Waals surface area (Å²) in [6.07, 6.45) is 2.62. The first-order valence-electron chi connectivity index (χ1n) is 11.7. The summed E-state index contributed by atoms with van der Waals surface area (Å²) in [6, 6.07) is 20.2. The fourth-order valence-electron chi connectivity index (χ4n) is 2.99. The molecule has 0 aliphatic rings. The second kappa shape index (κ2) is 15.3. The molecule has 3 rings (SSSR count). The number of hydrogen-bond donors (Lipinski definition) is 1. The molecule has 0 heterocycles. The lowest BCUT2D eigenvalue weighted by atomic mass is 10.3. The van der Waals surface area contributed by atoms with Gasteiger partial charge in [-0.15, -0.1) is 0 Å². The van der Waals surface area contributed by atoms with Gasteiger partial charge in [-0.2, -0.15) is 0 Å².